The van der Waals surface area contributed by atoms with Crippen LogP contribution in [0.1, 0.15) is 38.8 Å². The van der Waals surface area contributed by atoms with Crippen LogP contribution in [0.4, 0.5) is 0 Å². The lowest BCUT2D eigenvalue weighted by Crippen LogP contribution is -2.41. The minimum absolute atomic E-state index is 0.448. The Morgan fingerprint density at radius 3 is 2.37 bits per heavy atom. The first kappa shape index (κ1) is 13.8. The van der Waals surface area contributed by atoms with Crippen molar-refractivity contribution in [3.63, 3.8) is 0 Å². The van der Waals surface area contributed by atoms with Crippen LogP contribution >= 0.6 is 0 Å². The molecule has 2 rings (SSSR count). The molecule has 1 aliphatic heterocycles. The van der Waals surface area contributed by atoms with Crippen LogP contribution in [0.15, 0.2) is 18.8 Å². The molecule has 2 heterocycles. The zero-order valence-corrected chi connectivity index (χ0v) is 11.7. The summed E-state index contributed by atoms with van der Waals surface area (Å²) in [4.78, 5) is 4.25. The third-order valence-electron chi connectivity index (χ3n) is 3.82. The molecule has 0 bridgehead atoms. The maximum absolute atomic E-state index is 9.30. The van der Waals surface area contributed by atoms with E-state index in [-0.39, 0.29) is 0 Å². The molecule has 0 N–H and O–H groups in total. The van der Waals surface area contributed by atoms with Crippen molar-refractivity contribution < 1.29 is 9.31 Å². The van der Waals surface area contributed by atoms with E-state index in [0.29, 0.717) is 11.2 Å². The van der Waals surface area contributed by atoms with Crippen LogP contribution in [0.3, 0.4) is 0 Å². The fourth-order valence-electron chi connectivity index (χ4n) is 1.92. The highest BCUT2D eigenvalue weighted by atomic mass is 16.7. The molecule has 0 atom stereocenters. The van der Waals surface area contributed by atoms with Gasteiger partial charge in [-0.3, -0.25) is 4.98 Å². The van der Waals surface area contributed by atoms with Crippen LogP contribution in [0.2, 0.25) is 0 Å². The average Bonchev–Trinajstić information content (AvgIpc) is 2.57. The highest BCUT2D eigenvalue weighted by Gasteiger charge is 2.53. The number of nitrogens with zero attached hydrogens (tertiary/aromatic N) is 2. The topological polar surface area (TPSA) is 55.1 Å². The summed E-state index contributed by atoms with van der Waals surface area (Å²) in [6.45, 7) is 11.6. The molecule has 1 aromatic rings. The van der Waals surface area contributed by atoms with E-state index in [9.17, 15) is 5.26 Å². The molecule has 1 aromatic heterocycles. The molecule has 5 heteroatoms. The monoisotopic (exact) mass is 256 g/mol. The summed E-state index contributed by atoms with van der Waals surface area (Å²) in [5, 5.41) is 9.30. The smallest absolute Gasteiger partial charge is 0.398 e. The molecule has 1 saturated heterocycles. The number of hydrogen-bond acceptors (Lipinski definition) is 4. The van der Waals surface area contributed by atoms with Gasteiger partial charge < -0.3 is 9.31 Å². The molecular weight excluding hydrogens is 239 g/mol. The van der Waals surface area contributed by atoms with Crippen LogP contribution in [0.5, 0.6) is 0 Å². The van der Waals surface area contributed by atoms with Crippen LogP contribution < -0.4 is 5.59 Å². The molecule has 0 amide bonds. The van der Waals surface area contributed by atoms with Gasteiger partial charge in [-0.05, 0) is 39.3 Å². The Balaban J connectivity index is 2.46. The van der Waals surface area contributed by atoms with Gasteiger partial charge in [-0.25, -0.2) is 0 Å². The molecule has 19 heavy (non-hydrogen) atoms. The predicted octanol–water partition coefficient (Wildman–Crippen LogP) is 1.90. The molecule has 0 aliphatic carbocycles. The maximum Gasteiger partial charge on any atom is 0.515 e. The van der Waals surface area contributed by atoms with Crippen molar-refractivity contribution in [3.8, 4) is 6.07 Å². The third kappa shape index (κ3) is 2.18. The van der Waals surface area contributed by atoms with Crippen molar-refractivity contribution in [2.75, 3.05) is 0 Å². The van der Waals surface area contributed by atoms with E-state index in [1.165, 1.54) is 0 Å². The Morgan fingerprint density at radius 2 is 1.89 bits per heavy atom. The number of hydrogen-bond donors (Lipinski definition) is 0. The first-order chi connectivity index (χ1) is 8.82. The van der Waals surface area contributed by atoms with Gasteiger partial charge in [0.25, 0.3) is 0 Å². The van der Waals surface area contributed by atoms with E-state index in [0.717, 1.165) is 5.56 Å². The largest absolute Gasteiger partial charge is 0.515 e. The van der Waals surface area contributed by atoms with Gasteiger partial charge in [0.2, 0.25) is 0 Å². The Hall–Kier alpha value is -1.64. The summed E-state index contributed by atoms with van der Waals surface area (Å²) in [6.07, 6.45) is 3.27. The molecule has 0 saturated carbocycles. The molecule has 0 aromatic carbocycles. The van der Waals surface area contributed by atoms with E-state index in [1.54, 1.807) is 18.3 Å². The van der Waals surface area contributed by atoms with Crippen LogP contribution in [0, 0.1) is 11.3 Å². The van der Waals surface area contributed by atoms with Gasteiger partial charge in [-0.2, -0.15) is 5.26 Å². The summed E-state index contributed by atoms with van der Waals surface area (Å²) in [5.41, 5.74) is 0.809. The van der Waals surface area contributed by atoms with Crippen molar-refractivity contribution in [1.29, 1.82) is 5.26 Å². The first-order valence-corrected chi connectivity index (χ1v) is 6.19. The highest BCUT2D eigenvalue weighted by Crippen LogP contribution is 2.36. The van der Waals surface area contributed by atoms with Crippen LogP contribution in [-0.2, 0) is 9.31 Å². The molecule has 0 radical (unpaired) electrons. The van der Waals surface area contributed by atoms with E-state index in [1.807, 2.05) is 27.7 Å². The zero-order chi connectivity index (χ0) is 14.3. The summed E-state index contributed by atoms with van der Waals surface area (Å²) in [5.74, 6) is 0. The Bertz CT molecular complexity index is 545. The normalized spacial score (nSPS) is 20.1. The van der Waals surface area contributed by atoms with Crippen molar-refractivity contribution >= 4 is 18.8 Å². The lowest BCUT2D eigenvalue weighted by Gasteiger charge is -2.32. The summed E-state index contributed by atoms with van der Waals surface area (Å²) < 4.78 is 11.8. The molecule has 98 valence electrons. The van der Waals surface area contributed by atoms with Crippen LogP contribution in [-0.4, -0.2) is 23.3 Å². The highest BCUT2D eigenvalue weighted by molar-refractivity contribution is 6.62. The van der Waals surface area contributed by atoms with Gasteiger partial charge in [-0.15, -0.1) is 0 Å². The van der Waals surface area contributed by atoms with Crippen molar-refractivity contribution in [2.24, 2.45) is 0 Å². The van der Waals surface area contributed by atoms with Gasteiger partial charge in [0.05, 0.1) is 22.4 Å². The molecule has 0 spiro atoms. The zero-order valence-electron chi connectivity index (χ0n) is 11.7. The van der Waals surface area contributed by atoms with Gasteiger partial charge in [0.15, 0.2) is 0 Å². The molecule has 4 nitrogen and oxygen atoms in total. The summed E-state index contributed by atoms with van der Waals surface area (Å²) >= 11 is 0. The van der Waals surface area contributed by atoms with Crippen LogP contribution in [0.25, 0.3) is 6.08 Å². The van der Waals surface area contributed by atoms with E-state index in [2.05, 4.69) is 17.6 Å². The molecule has 1 fully saturated rings. The van der Waals surface area contributed by atoms with E-state index < -0.39 is 18.3 Å². The number of nitriles is 1. The number of rotatable bonds is 2. The minimum Gasteiger partial charge on any atom is -0.398 e. The maximum atomic E-state index is 9.30. The fourth-order valence-corrected chi connectivity index (χ4v) is 1.92. The Labute approximate surface area is 114 Å². The number of pyridine rings is 1. The Kier molecular flexibility index (Phi) is 3.25. The summed E-state index contributed by atoms with van der Waals surface area (Å²) in [7, 11) is -0.625. The van der Waals surface area contributed by atoms with Crippen molar-refractivity contribution in [3.05, 3.63) is 30.0 Å². The minimum atomic E-state index is -0.625. The van der Waals surface area contributed by atoms with E-state index >= 15 is 0 Å². The predicted molar refractivity (Wildman–Crippen MR) is 74.8 cm³/mol. The molecular formula is C14H17BN2O2. The summed E-state index contributed by atoms with van der Waals surface area (Å²) in [6, 6.07) is 3.90. The van der Waals surface area contributed by atoms with Gasteiger partial charge >= 0.3 is 7.12 Å². The molecule has 1 aliphatic rings. The lowest BCUT2D eigenvalue weighted by molar-refractivity contribution is 0.00578. The van der Waals surface area contributed by atoms with Gasteiger partial charge in [0, 0.05) is 6.20 Å². The Morgan fingerprint density at radius 1 is 1.32 bits per heavy atom. The van der Waals surface area contributed by atoms with E-state index in [4.69, 9.17) is 9.31 Å². The van der Waals surface area contributed by atoms with Gasteiger partial charge in [-0.1, -0.05) is 12.7 Å². The fraction of sp³-hybridized carbons (Fsp3) is 0.429. The average molecular weight is 256 g/mol. The standard InChI is InChI=1S/C14H17BN2O2/c1-6-10-7-8-17-12(11(10)9-16)15-18-13(2,3)14(4,5)19-15/h6-8H,1H2,2-5H3. The SMILES string of the molecule is C=Cc1ccnc(B2OC(C)(C)C(C)(C)O2)c1C#N. The second-order valence-electron chi connectivity index (χ2n) is 5.56. The quantitative estimate of drug-likeness (QED) is 0.758. The molecule has 0 unspecified atom stereocenters. The first-order valence-electron chi connectivity index (χ1n) is 6.19. The second kappa shape index (κ2) is 4.48. The van der Waals surface area contributed by atoms with Crippen molar-refractivity contribution in [1.82, 2.24) is 4.98 Å². The second-order valence-corrected chi connectivity index (χ2v) is 5.56. The number of aromatic nitrogens is 1. The van der Waals surface area contributed by atoms with Gasteiger partial charge in [0.1, 0.15) is 6.07 Å². The third-order valence-corrected chi connectivity index (χ3v) is 3.82. The lowest BCUT2D eigenvalue weighted by atomic mass is 9.80. The van der Waals surface area contributed by atoms with Crippen molar-refractivity contribution in [2.45, 2.75) is 38.9 Å².